The average molecular weight is 371 g/mol. The molecule has 0 aliphatic carbocycles. The highest BCUT2D eigenvalue weighted by Crippen LogP contribution is 2.35. The zero-order valence-corrected chi connectivity index (χ0v) is 16.2. The van der Waals surface area contributed by atoms with Gasteiger partial charge in [-0.1, -0.05) is 17.7 Å². The number of Topliss-reactive ketones (excluding diaryl/α,β-unsaturated/α-hetero) is 1. The van der Waals surface area contributed by atoms with Crippen LogP contribution in [0.25, 0.3) is 11.0 Å². The van der Waals surface area contributed by atoms with E-state index in [9.17, 15) is 13.2 Å². The van der Waals surface area contributed by atoms with Gasteiger partial charge in [0, 0.05) is 5.39 Å². The first-order chi connectivity index (χ1) is 12.1. The van der Waals surface area contributed by atoms with Gasteiger partial charge in [0.2, 0.25) is 0 Å². The summed E-state index contributed by atoms with van der Waals surface area (Å²) in [5.41, 5.74) is 4.09. The van der Waals surface area contributed by atoms with E-state index in [0.29, 0.717) is 28.0 Å². The number of benzene rings is 2. The first-order valence-electron chi connectivity index (χ1n) is 8.25. The molecule has 6 heteroatoms. The molecule has 2 aromatic carbocycles. The van der Waals surface area contributed by atoms with E-state index < -0.39 is 10.0 Å². The fourth-order valence-electron chi connectivity index (χ4n) is 3.07. The molecule has 0 aliphatic heterocycles. The predicted octanol–water partition coefficient (Wildman–Crippen LogP) is 4.67. The smallest absolute Gasteiger partial charge is 0.261 e. The molecule has 26 heavy (non-hydrogen) atoms. The SMILES string of the molecule is CC(=O)c1c(C)oc2c(C)c(C)c(NS(=O)(=O)c3ccc(C)cc3)cc12. The number of hydrogen-bond acceptors (Lipinski definition) is 4. The highest BCUT2D eigenvalue weighted by Gasteiger charge is 2.22. The molecule has 0 spiro atoms. The molecule has 1 heterocycles. The minimum absolute atomic E-state index is 0.114. The van der Waals surface area contributed by atoms with Crippen molar-refractivity contribution in [3.63, 3.8) is 0 Å². The fourth-order valence-corrected chi connectivity index (χ4v) is 4.18. The number of furan rings is 1. The van der Waals surface area contributed by atoms with Crippen LogP contribution in [-0.2, 0) is 10.0 Å². The van der Waals surface area contributed by atoms with Gasteiger partial charge in [-0.2, -0.15) is 0 Å². The maximum atomic E-state index is 12.7. The van der Waals surface area contributed by atoms with Gasteiger partial charge in [0.1, 0.15) is 11.3 Å². The van der Waals surface area contributed by atoms with E-state index >= 15 is 0 Å². The number of carbonyl (C=O) groups excluding carboxylic acids is 1. The Morgan fingerprint density at radius 3 is 2.19 bits per heavy atom. The number of ketones is 1. The van der Waals surface area contributed by atoms with E-state index in [1.165, 1.54) is 6.92 Å². The quantitative estimate of drug-likeness (QED) is 0.676. The molecule has 1 N–H and O–H groups in total. The molecule has 136 valence electrons. The molecule has 0 amide bonds. The van der Waals surface area contributed by atoms with Crippen molar-refractivity contribution in [2.24, 2.45) is 0 Å². The summed E-state index contributed by atoms with van der Waals surface area (Å²) < 4.78 is 33.9. The third kappa shape index (κ3) is 3.01. The van der Waals surface area contributed by atoms with E-state index in [1.54, 1.807) is 37.3 Å². The van der Waals surface area contributed by atoms with E-state index in [2.05, 4.69) is 4.72 Å². The molecule has 0 aliphatic rings. The lowest BCUT2D eigenvalue weighted by atomic mass is 10.0. The van der Waals surface area contributed by atoms with Crippen LogP contribution in [0.15, 0.2) is 39.6 Å². The molecule has 0 bridgehead atoms. The van der Waals surface area contributed by atoms with Crippen molar-refractivity contribution in [1.82, 2.24) is 0 Å². The second-order valence-corrected chi connectivity index (χ2v) is 8.24. The molecule has 3 rings (SSSR count). The number of nitrogens with one attached hydrogen (secondary N) is 1. The molecule has 0 fully saturated rings. The Bertz CT molecular complexity index is 1120. The molecular weight excluding hydrogens is 350 g/mol. The summed E-state index contributed by atoms with van der Waals surface area (Å²) in [5, 5.41) is 0.625. The van der Waals surface area contributed by atoms with Crippen molar-refractivity contribution in [2.75, 3.05) is 4.72 Å². The summed E-state index contributed by atoms with van der Waals surface area (Å²) in [6.45, 7) is 8.79. The first kappa shape index (κ1) is 18.2. The highest BCUT2D eigenvalue weighted by atomic mass is 32.2. The number of rotatable bonds is 4. The molecule has 0 atom stereocenters. The fraction of sp³-hybridized carbons (Fsp3) is 0.250. The number of fused-ring (bicyclic) bond motifs is 1. The number of hydrogen-bond donors (Lipinski definition) is 1. The summed E-state index contributed by atoms with van der Waals surface area (Å²) >= 11 is 0. The summed E-state index contributed by atoms with van der Waals surface area (Å²) in [6, 6.07) is 8.33. The van der Waals surface area contributed by atoms with E-state index in [0.717, 1.165) is 16.7 Å². The Morgan fingerprint density at radius 1 is 1.00 bits per heavy atom. The third-order valence-electron chi connectivity index (χ3n) is 4.64. The molecule has 0 unspecified atom stereocenters. The summed E-state index contributed by atoms with van der Waals surface area (Å²) in [5.74, 6) is 0.422. The van der Waals surface area contributed by atoms with Gasteiger partial charge >= 0.3 is 0 Å². The molecular formula is C20H21NO4S. The third-order valence-corrected chi connectivity index (χ3v) is 6.03. The lowest BCUT2D eigenvalue weighted by Gasteiger charge is -2.13. The minimum Gasteiger partial charge on any atom is -0.460 e. The first-order valence-corrected chi connectivity index (χ1v) is 9.74. The largest absolute Gasteiger partial charge is 0.460 e. The average Bonchev–Trinajstić information content (AvgIpc) is 2.89. The molecule has 1 aromatic heterocycles. The Morgan fingerprint density at radius 2 is 1.62 bits per heavy atom. The van der Waals surface area contributed by atoms with E-state index in [1.807, 2.05) is 20.8 Å². The van der Waals surface area contributed by atoms with Gasteiger partial charge in [0.25, 0.3) is 10.0 Å². The summed E-state index contributed by atoms with van der Waals surface area (Å²) in [4.78, 5) is 12.2. The Labute approximate surface area is 153 Å². The zero-order chi connectivity index (χ0) is 19.2. The van der Waals surface area contributed by atoms with Gasteiger partial charge in [-0.05, 0) is 63.9 Å². The van der Waals surface area contributed by atoms with Crippen LogP contribution in [0.3, 0.4) is 0 Å². The van der Waals surface area contributed by atoms with Crippen LogP contribution in [0.2, 0.25) is 0 Å². The van der Waals surface area contributed by atoms with E-state index in [-0.39, 0.29) is 10.7 Å². The predicted molar refractivity (Wildman–Crippen MR) is 102 cm³/mol. The lowest BCUT2D eigenvalue weighted by Crippen LogP contribution is -2.14. The van der Waals surface area contributed by atoms with Gasteiger partial charge in [-0.25, -0.2) is 8.42 Å². The van der Waals surface area contributed by atoms with Gasteiger partial charge in [0.05, 0.1) is 16.1 Å². The Balaban J connectivity index is 2.16. The molecule has 0 saturated carbocycles. The van der Waals surface area contributed by atoms with Crippen LogP contribution in [0.1, 0.15) is 39.7 Å². The van der Waals surface area contributed by atoms with Crippen LogP contribution >= 0.6 is 0 Å². The van der Waals surface area contributed by atoms with E-state index in [4.69, 9.17) is 4.42 Å². The van der Waals surface area contributed by atoms with Gasteiger partial charge in [-0.3, -0.25) is 9.52 Å². The standard InChI is InChI=1S/C20H21NO4S/c1-11-6-8-16(9-7-11)26(23,24)21-18-10-17-19(14(4)22)15(5)25-20(17)13(3)12(18)2/h6-10,21H,1-5H3. The zero-order valence-electron chi connectivity index (χ0n) is 15.4. The molecule has 5 nitrogen and oxygen atoms in total. The van der Waals surface area contributed by atoms with Crippen molar-refractivity contribution < 1.29 is 17.6 Å². The van der Waals surface area contributed by atoms with Crippen LogP contribution in [0, 0.1) is 27.7 Å². The van der Waals surface area contributed by atoms with Crippen LogP contribution in [-0.4, -0.2) is 14.2 Å². The van der Waals surface area contributed by atoms with Crippen molar-refractivity contribution in [3.05, 3.63) is 58.3 Å². The summed E-state index contributed by atoms with van der Waals surface area (Å²) in [6.07, 6.45) is 0. The summed E-state index contributed by atoms with van der Waals surface area (Å²) in [7, 11) is -3.73. The monoisotopic (exact) mass is 371 g/mol. The normalized spacial score (nSPS) is 11.7. The highest BCUT2D eigenvalue weighted by molar-refractivity contribution is 7.92. The number of anilines is 1. The van der Waals surface area contributed by atoms with Crippen molar-refractivity contribution in [3.8, 4) is 0 Å². The van der Waals surface area contributed by atoms with Crippen molar-refractivity contribution in [1.29, 1.82) is 0 Å². The number of aryl methyl sites for hydroxylation is 3. The van der Waals surface area contributed by atoms with Gasteiger partial charge in [0.15, 0.2) is 5.78 Å². The lowest BCUT2D eigenvalue weighted by molar-refractivity contribution is 0.101. The second-order valence-electron chi connectivity index (χ2n) is 6.56. The molecule has 3 aromatic rings. The maximum absolute atomic E-state index is 12.7. The van der Waals surface area contributed by atoms with Crippen LogP contribution in [0.5, 0.6) is 0 Å². The second kappa shape index (κ2) is 6.29. The van der Waals surface area contributed by atoms with Gasteiger partial charge < -0.3 is 4.42 Å². The number of sulfonamides is 1. The van der Waals surface area contributed by atoms with Crippen LogP contribution in [0.4, 0.5) is 5.69 Å². The molecule has 0 saturated heterocycles. The number of carbonyl (C=O) groups is 1. The Kier molecular flexibility index (Phi) is 4.40. The van der Waals surface area contributed by atoms with Crippen molar-refractivity contribution >= 4 is 32.5 Å². The van der Waals surface area contributed by atoms with Crippen molar-refractivity contribution in [2.45, 2.75) is 39.5 Å². The molecule has 0 radical (unpaired) electrons. The van der Waals surface area contributed by atoms with Gasteiger partial charge in [-0.15, -0.1) is 0 Å². The maximum Gasteiger partial charge on any atom is 0.261 e. The topological polar surface area (TPSA) is 76.4 Å². The Hall–Kier alpha value is -2.60. The van der Waals surface area contributed by atoms with Crippen LogP contribution < -0.4 is 4.72 Å². The minimum atomic E-state index is -3.73.